The maximum atomic E-state index is 12.6. The van der Waals surface area contributed by atoms with Crippen molar-refractivity contribution in [2.75, 3.05) is 5.32 Å². The lowest BCUT2D eigenvalue weighted by atomic mass is 10.1. The Hall–Kier alpha value is -2.21. The van der Waals surface area contributed by atoms with Crippen LogP contribution in [0.25, 0.3) is 0 Å². The number of aromatic hydroxyl groups is 1. The van der Waals surface area contributed by atoms with Gasteiger partial charge in [-0.15, -0.1) is 0 Å². The highest BCUT2D eigenvalue weighted by molar-refractivity contribution is 6.31. The van der Waals surface area contributed by atoms with Crippen LogP contribution < -0.4 is 5.32 Å². The Morgan fingerprint density at radius 3 is 2.52 bits per heavy atom. The molecule has 21 heavy (non-hydrogen) atoms. The summed E-state index contributed by atoms with van der Waals surface area (Å²) in [4.78, 5) is 11.9. The van der Waals surface area contributed by atoms with Crippen molar-refractivity contribution in [1.82, 2.24) is 0 Å². The van der Waals surface area contributed by atoms with Gasteiger partial charge in [-0.2, -0.15) is 13.2 Å². The number of halogens is 4. The molecule has 0 fully saturated rings. The Bertz CT molecular complexity index is 686. The fraction of sp³-hybridized carbons (Fsp3) is 0.0714. The summed E-state index contributed by atoms with van der Waals surface area (Å²) in [6.07, 6.45) is -4.50. The molecule has 110 valence electrons. The van der Waals surface area contributed by atoms with Gasteiger partial charge in [-0.25, -0.2) is 0 Å². The normalized spacial score (nSPS) is 11.2. The summed E-state index contributed by atoms with van der Waals surface area (Å²) in [5, 5.41) is 12.1. The lowest BCUT2D eigenvalue weighted by Gasteiger charge is -2.10. The zero-order chi connectivity index (χ0) is 15.6. The highest BCUT2D eigenvalue weighted by atomic mass is 35.5. The molecule has 2 aromatic carbocycles. The van der Waals surface area contributed by atoms with Crippen LogP contribution in [0.1, 0.15) is 15.9 Å². The Kier molecular flexibility index (Phi) is 4.09. The molecule has 7 heteroatoms. The molecule has 0 aliphatic heterocycles. The molecule has 1 amide bonds. The third-order valence-corrected chi connectivity index (χ3v) is 2.89. The Morgan fingerprint density at radius 2 is 1.86 bits per heavy atom. The number of hydrogen-bond acceptors (Lipinski definition) is 2. The van der Waals surface area contributed by atoms with Crippen molar-refractivity contribution in [1.29, 1.82) is 0 Å². The first-order valence-electron chi connectivity index (χ1n) is 5.74. The van der Waals surface area contributed by atoms with Crippen molar-refractivity contribution < 1.29 is 23.1 Å². The number of alkyl halides is 3. The molecule has 0 aliphatic rings. The van der Waals surface area contributed by atoms with E-state index in [9.17, 15) is 23.1 Å². The summed E-state index contributed by atoms with van der Waals surface area (Å²) in [5.74, 6) is -1.07. The Morgan fingerprint density at radius 1 is 1.14 bits per heavy atom. The van der Waals surface area contributed by atoms with E-state index in [1.54, 1.807) is 0 Å². The van der Waals surface area contributed by atoms with Gasteiger partial charge in [0.05, 0.1) is 11.1 Å². The highest BCUT2D eigenvalue weighted by Gasteiger charge is 2.30. The van der Waals surface area contributed by atoms with Gasteiger partial charge in [0.1, 0.15) is 5.75 Å². The summed E-state index contributed by atoms with van der Waals surface area (Å²) in [7, 11) is 0. The molecule has 0 spiro atoms. The van der Waals surface area contributed by atoms with Crippen LogP contribution in [0.5, 0.6) is 5.75 Å². The molecule has 0 radical (unpaired) electrons. The van der Waals surface area contributed by atoms with Crippen LogP contribution in [0.15, 0.2) is 42.5 Å². The fourth-order valence-electron chi connectivity index (χ4n) is 1.66. The van der Waals surface area contributed by atoms with Gasteiger partial charge in [0.2, 0.25) is 0 Å². The zero-order valence-electron chi connectivity index (χ0n) is 10.4. The zero-order valence-corrected chi connectivity index (χ0v) is 11.2. The van der Waals surface area contributed by atoms with Crippen LogP contribution in [-0.4, -0.2) is 11.0 Å². The van der Waals surface area contributed by atoms with Crippen molar-refractivity contribution in [3.05, 3.63) is 58.6 Å². The van der Waals surface area contributed by atoms with E-state index in [4.69, 9.17) is 11.6 Å². The third kappa shape index (κ3) is 3.66. The molecule has 0 aromatic heterocycles. The smallest absolute Gasteiger partial charge is 0.416 e. The number of benzene rings is 2. The number of anilines is 1. The average molecular weight is 316 g/mol. The van der Waals surface area contributed by atoms with E-state index in [2.05, 4.69) is 5.32 Å². The second kappa shape index (κ2) is 5.65. The minimum Gasteiger partial charge on any atom is -0.507 e. The number of nitrogens with one attached hydrogen (secondary N) is 1. The van der Waals surface area contributed by atoms with Gasteiger partial charge in [0.25, 0.3) is 5.91 Å². The lowest BCUT2D eigenvalue weighted by molar-refractivity contribution is -0.137. The van der Waals surface area contributed by atoms with Crippen LogP contribution >= 0.6 is 11.6 Å². The van der Waals surface area contributed by atoms with E-state index >= 15 is 0 Å². The van der Waals surface area contributed by atoms with Gasteiger partial charge in [0, 0.05) is 10.7 Å². The standard InChI is InChI=1S/C14H9ClF3NO2/c15-9-4-5-12(20)11(7-9)13(21)19-10-3-1-2-8(6-10)14(16,17)18/h1-7,20H,(H,19,21). The molecule has 0 bridgehead atoms. The van der Waals surface area contributed by atoms with Crippen LogP contribution in [0.3, 0.4) is 0 Å². The summed E-state index contributed by atoms with van der Waals surface area (Å²) < 4.78 is 37.7. The average Bonchev–Trinajstić information content (AvgIpc) is 2.41. The first-order valence-corrected chi connectivity index (χ1v) is 6.12. The van der Waals surface area contributed by atoms with Gasteiger partial charge in [-0.3, -0.25) is 4.79 Å². The first-order chi connectivity index (χ1) is 9.77. The number of carbonyl (C=O) groups is 1. The van der Waals surface area contributed by atoms with E-state index in [0.717, 1.165) is 12.1 Å². The molecule has 0 saturated carbocycles. The molecular formula is C14H9ClF3NO2. The molecule has 2 aromatic rings. The topological polar surface area (TPSA) is 49.3 Å². The van der Waals surface area contributed by atoms with Gasteiger partial charge in [0.15, 0.2) is 0 Å². The Balaban J connectivity index is 2.26. The van der Waals surface area contributed by atoms with E-state index in [-0.39, 0.29) is 22.0 Å². The van der Waals surface area contributed by atoms with Crippen molar-refractivity contribution in [2.45, 2.75) is 6.18 Å². The third-order valence-electron chi connectivity index (χ3n) is 2.65. The number of rotatable bonds is 2. The number of hydrogen-bond donors (Lipinski definition) is 2. The maximum Gasteiger partial charge on any atom is 0.416 e. The van der Waals surface area contributed by atoms with Gasteiger partial charge in [-0.05, 0) is 36.4 Å². The fourth-order valence-corrected chi connectivity index (χ4v) is 1.83. The summed E-state index contributed by atoms with van der Waals surface area (Å²) in [6.45, 7) is 0. The van der Waals surface area contributed by atoms with Crippen LogP contribution in [-0.2, 0) is 6.18 Å². The predicted octanol–water partition coefficient (Wildman–Crippen LogP) is 4.32. The number of phenols is 1. The van der Waals surface area contributed by atoms with Crippen LogP contribution in [0, 0.1) is 0 Å². The number of phenolic OH excluding ortho intramolecular Hbond substituents is 1. The molecule has 2 rings (SSSR count). The van der Waals surface area contributed by atoms with Gasteiger partial charge >= 0.3 is 6.18 Å². The van der Waals surface area contributed by atoms with Crippen molar-refractivity contribution in [2.24, 2.45) is 0 Å². The monoisotopic (exact) mass is 315 g/mol. The largest absolute Gasteiger partial charge is 0.507 e. The predicted molar refractivity (Wildman–Crippen MR) is 72.5 cm³/mol. The highest BCUT2D eigenvalue weighted by Crippen LogP contribution is 2.31. The number of amides is 1. The minimum absolute atomic E-state index is 0.0331. The quantitative estimate of drug-likeness (QED) is 0.867. The van der Waals surface area contributed by atoms with Gasteiger partial charge in [-0.1, -0.05) is 17.7 Å². The maximum absolute atomic E-state index is 12.6. The van der Waals surface area contributed by atoms with Crippen molar-refractivity contribution in [3.8, 4) is 5.75 Å². The first kappa shape index (κ1) is 15.2. The molecule has 0 aliphatic carbocycles. The van der Waals surface area contributed by atoms with Crippen LogP contribution in [0.4, 0.5) is 18.9 Å². The molecule has 0 heterocycles. The summed E-state index contributed by atoms with van der Waals surface area (Å²) >= 11 is 5.71. The molecular weight excluding hydrogens is 307 g/mol. The van der Waals surface area contributed by atoms with E-state index in [1.165, 1.54) is 30.3 Å². The van der Waals surface area contributed by atoms with Crippen LogP contribution in [0.2, 0.25) is 5.02 Å². The summed E-state index contributed by atoms with van der Waals surface area (Å²) in [5.41, 5.74) is -1.04. The van der Waals surface area contributed by atoms with E-state index in [0.29, 0.717) is 0 Å². The number of carbonyl (C=O) groups excluding carboxylic acids is 1. The molecule has 0 atom stereocenters. The lowest BCUT2D eigenvalue weighted by Crippen LogP contribution is -2.13. The molecule has 0 unspecified atom stereocenters. The second-order valence-corrected chi connectivity index (χ2v) is 4.63. The van der Waals surface area contributed by atoms with Crippen molar-refractivity contribution in [3.63, 3.8) is 0 Å². The molecule has 2 N–H and O–H groups in total. The second-order valence-electron chi connectivity index (χ2n) is 4.19. The minimum atomic E-state index is -4.50. The SMILES string of the molecule is O=C(Nc1cccc(C(F)(F)F)c1)c1cc(Cl)ccc1O. The molecule has 0 saturated heterocycles. The summed E-state index contributed by atoms with van der Waals surface area (Å²) in [6, 6.07) is 8.03. The van der Waals surface area contributed by atoms with E-state index < -0.39 is 17.6 Å². The van der Waals surface area contributed by atoms with Gasteiger partial charge < -0.3 is 10.4 Å². The Labute approximate surface area is 123 Å². The van der Waals surface area contributed by atoms with E-state index in [1.807, 2.05) is 0 Å². The molecule has 3 nitrogen and oxygen atoms in total. The van der Waals surface area contributed by atoms with Crippen molar-refractivity contribution >= 4 is 23.2 Å².